The molecule has 1 amide bonds. The molecule has 0 bridgehead atoms. The topological polar surface area (TPSA) is 73.2 Å². The standard InChI is InChI=1S/C17H21N3O3/c1-13-15(11-19-20(13)2)17(22)23-12-16(21)18-10-6-9-14-7-4-3-5-8-14/h3-5,7-8,11H,6,9-10,12H2,1-2H3,(H,18,21). The van der Waals surface area contributed by atoms with Gasteiger partial charge in [0.2, 0.25) is 0 Å². The van der Waals surface area contributed by atoms with Crippen LogP contribution in [0.4, 0.5) is 0 Å². The zero-order chi connectivity index (χ0) is 16.7. The van der Waals surface area contributed by atoms with E-state index in [-0.39, 0.29) is 12.5 Å². The molecule has 122 valence electrons. The number of rotatable bonds is 7. The summed E-state index contributed by atoms with van der Waals surface area (Å²) in [4.78, 5) is 23.5. The number of ether oxygens (including phenoxy) is 1. The van der Waals surface area contributed by atoms with Gasteiger partial charge in [-0.3, -0.25) is 9.48 Å². The van der Waals surface area contributed by atoms with Crippen LogP contribution in [0.15, 0.2) is 36.5 Å². The molecule has 0 saturated carbocycles. The highest BCUT2D eigenvalue weighted by Crippen LogP contribution is 2.07. The maximum absolute atomic E-state index is 11.8. The molecule has 1 N–H and O–H groups in total. The summed E-state index contributed by atoms with van der Waals surface area (Å²) in [6.07, 6.45) is 3.18. The molecule has 6 nitrogen and oxygen atoms in total. The maximum Gasteiger partial charge on any atom is 0.342 e. The molecular weight excluding hydrogens is 294 g/mol. The molecule has 1 aromatic heterocycles. The molecule has 0 unspecified atom stereocenters. The Morgan fingerprint density at radius 1 is 1.26 bits per heavy atom. The molecule has 0 saturated heterocycles. The number of carbonyl (C=O) groups is 2. The van der Waals surface area contributed by atoms with E-state index in [4.69, 9.17) is 4.74 Å². The van der Waals surface area contributed by atoms with E-state index in [1.807, 2.05) is 18.2 Å². The summed E-state index contributed by atoms with van der Waals surface area (Å²) in [5, 5.41) is 6.71. The third-order valence-corrected chi connectivity index (χ3v) is 3.60. The molecule has 23 heavy (non-hydrogen) atoms. The predicted molar refractivity (Wildman–Crippen MR) is 86.0 cm³/mol. The van der Waals surface area contributed by atoms with Crippen LogP contribution in [0.3, 0.4) is 0 Å². The molecule has 0 aliphatic carbocycles. The maximum atomic E-state index is 11.8. The number of amides is 1. The monoisotopic (exact) mass is 315 g/mol. The van der Waals surface area contributed by atoms with Gasteiger partial charge in [0.1, 0.15) is 5.56 Å². The number of aryl methyl sites for hydroxylation is 2. The number of hydrogen-bond acceptors (Lipinski definition) is 4. The lowest BCUT2D eigenvalue weighted by atomic mass is 10.1. The van der Waals surface area contributed by atoms with Crippen molar-refractivity contribution in [3.8, 4) is 0 Å². The second-order valence-electron chi connectivity index (χ2n) is 5.28. The summed E-state index contributed by atoms with van der Waals surface area (Å²) < 4.78 is 6.58. The SMILES string of the molecule is Cc1c(C(=O)OCC(=O)NCCCc2ccccc2)cnn1C. The van der Waals surface area contributed by atoms with Crippen molar-refractivity contribution in [2.75, 3.05) is 13.2 Å². The number of esters is 1. The molecule has 0 fully saturated rings. The third-order valence-electron chi connectivity index (χ3n) is 3.60. The fourth-order valence-corrected chi connectivity index (χ4v) is 2.12. The number of nitrogens with one attached hydrogen (secondary N) is 1. The van der Waals surface area contributed by atoms with Crippen LogP contribution >= 0.6 is 0 Å². The summed E-state index contributed by atoms with van der Waals surface area (Å²) in [7, 11) is 1.74. The van der Waals surface area contributed by atoms with Crippen molar-refractivity contribution < 1.29 is 14.3 Å². The van der Waals surface area contributed by atoms with Gasteiger partial charge in [0.05, 0.1) is 6.20 Å². The Morgan fingerprint density at radius 3 is 2.65 bits per heavy atom. The highest BCUT2D eigenvalue weighted by Gasteiger charge is 2.15. The van der Waals surface area contributed by atoms with Crippen LogP contribution in [0, 0.1) is 6.92 Å². The minimum atomic E-state index is -0.532. The lowest BCUT2D eigenvalue weighted by Crippen LogP contribution is -2.29. The van der Waals surface area contributed by atoms with Gasteiger partial charge in [-0.15, -0.1) is 0 Å². The lowest BCUT2D eigenvalue weighted by Gasteiger charge is -2.06. The first-order valence-corrected chi connectivity index (χ1v) is 7.54. The first-order chi connectivity index (χ1) is 11.1. The van der Waals surface area contributed by atoms with E-state index in [0.29, 0.717) is 17.8 Å². The second kappa shape index (κ2) is 8.12. The van der Waals surface area contributed by atoms with E-state index in [9.17, 15) is 9.59 Å². The average Bonchev–Trinajstić information content (AvgIpc) is 2.90. The van der Waals surface area contributed by atoms with Gasteiger partial charge >= 0.3 is 5.97 Å². The summed E-state index contributed by atoms with van der Waals surface area (Å²) in [6.45, 7) is 2.04. The van der Waals surface area contributed by atoms with Crippen molar-refractivity contribution in [1.29, 1.82) is 0 Å². The number of carbonyl (C=O) groups excluding carboxylic acids is 2. The summed E-state index contributed by atoms with van der Waals surface area (Å²) >= 11 is 0. The van der Waals surface area contributed by atoms with Gasteiger partial charge in [0, 0.05) is 19.3 Å². The normalized spacial score (nSPS) is 10.3. The molecule has 2 rings (SSSR count). The quantitative estimate of drug-likeness (QED) is 0.622. The van der Waals surface area contributed by atoms with Crippen molar-refractivity contribution in [3.63, 3.8) is 0 Å². The smallest absolute Gasteiger partial charge is 0.342 e. The van der Waals surface area contributed by atoms with Gasteiger partial charge in [-0.05, 0) is 25.3 Å². The number of benzene rings is 1. The van der Waals surface area contributed by atoms with Crippen molar-refractivity contribution >= 4 is 11.9 Å². The van der Waals surface area contributed by atoms with Crippen LogP contribution in [0.1, 0.15) is 28.0 Å². The Balaban J connectivity index is 1.65. The Kier molecular flexibility index (Phi) is 5.91. The first kappa shape index (κ1) is 16.7. The largest absolute Gasteiger partial charge is 0.452 e. The molecule has 0 radical (unpaired) electrons. The highest BCUT2D eigenvalue weighted by molar-refractivity contribution is 5.92. The summed E-state index contributed by atoms with van der Waals surface area (Å²) in [5.41, 5.74) is 2.32. The third kappa shape index (κ3) is 4.95. The zero-order valence-electron chi connectivity index (χ0n) is 13.4. The van der Waals surface area contributed by atoms with E-state index < -0.39 is 5.97 Å². The van der Waals surface area contributed by atoms with Crippen molar-refractivity contribution in [1.82, 2.24) is 15.1 Å². The summed E-state index contributed by atoms with van der Waals surface area (Å²) in [6, 6.07) is 10.1. The van der Waals surface area contributed by atoms with Gasteiger partial charge in [-0.2, -0.15) is 5.10 Å². The van der Waals surface area contributed by atoms with Crippen LogP contribution in [0.25, 0.3) is 0 Å². The van der Waals surface area contributed by atoms with Crippen molar-refractivity contribution in [2.24, 2.45) is 7.05 Å². The molecule has 2 aromatic rings. The van der Waals surface area contributed by atoms with Gasteiger partial charge in [0.25, 0.3) is 5.91 Å². The summed E-state index contributed by atoms with van der Waals surface area (Å²) in [5.74, 6) is -0.831. The lowest BCUT2D eigenvalue weighted by molar-refractivity contribution is -0.124. The van der Waals surface area contributed by atoms with E-state index in [0.717, 1.165) is 12.8 Å². The molecule has 0 spiro atoms. The minimum Gasteiger partial charge on any atom is -0.452 e. The number of hydrogen-bond donors (Lipinski definition) is 1. The molecule has 0 atom stereocenters. The second-order valence-corrected chi connectivity index (χ2v) is 5.28. The molecule has 1 aromatic carbocycles. The average molecular weight is 315 g/mol. The number of aromatic nitrogens is 2. The minimum absolute atomic E-state index is 0.279. The van der Waals surface area contributed by atoms with Gasteiger partial charge in [0.15, 0.2) is 6.61 Å². The Morgan fingerprint density at radius 2 is 2.00 bits per heavy atom. The number of nitrogens with zero attached hydrogens (tertiary/aromatic N) is 2. The highest BCUT2D eigenvalue weighted by atomic mass is 16.5. The van der Waals surface area contributed by atoms with Gasteiger partial charge in [-0.25, -0.2) is 4.79 Å². The molecule has 1 heterocycles. The first-order valence-electron chi connectivity index (χ1n) is 7.54. The molecular formula is C17H21N3O3. The van der Waals surface area contributed by atoms with Gasteiger partial charge < -0.3 is 10.1 Å². The van der Waals surface area contributed by atoms with Gasteiger partial charge in [-0.1, -0.05) is 30.3 Å². The molecule has 0 aliphatic rings. The Bertz CT molecular complexity index is 665. The molecule has 0 aliphatic heterocycles. The Labute approximate surface area is 135 Å². The van der Waals surface area contributed by atoms with Crippen LogP contribution in [0.2, 0.25) is 0 Å². The fourth-order valence-electron chi connectivity index (χ4n) is 2.12. The van der Waals surface area contributed by atoms with Crippen LogP contribution in [-0.2, 0) is 23.0 Å². The molecule has 6 heteroatoms. The van der Waals surface area contributed by atoms with E-state index in [1.54, 1.807) is 18.7 Å². The zero-order valence-corrected chi connectivity index (χ0v) is 13.4. The van der Waals surface area contributed by atoms with Crippen LogP contribution < -0.4 is 5.32 Å². The van der Waals surface area contributed by atoms with E-state index >= 15 is 0 Å². The van der Waals surface area contributed by atoms with Crippen molar-refractivity contribution in [3.05, 3.63) is 53.3 Å². The fraction of sp³-hybridized carbons (Fsp3) is 0.353. The Hall–Kier alpha value is -2.63. The predicted octanol–water partition coefficient (Wildman–Crippen LogP) is 1.63. The van der Waals surface area contributed by atoms with Crippen LogP contribution in [-0.4, -0.2) is 34.8 Å². The van der Waals surface area contributed by atoms with E-state index in [1.165, 1.54) is 11.8 Å². The van der Waals surface area contributed by atoms with Crippen molar-refractivity contribution in [2.45, 2.75) is 19.8 Å². The van der Waals surface area contributed by atoms with E-state index in [2.05, 4.69) is 22.5 Å². The van der Waals surface area contributed by atoms with Crippen LogP contribution in [0.5, 0.6) is 0 Å².